The van der Waals surface area contributed by atoms with Crippen molar-refractivity contribution in [3.63, 3.8) is 0 Å². The van der Waals surface area contributed by atoms with Gasteiger partial charge in [-0.15, -0.1) is 0 Å². The average Bonchev–Trinajstić information content (AvgIpc) is 3.09. The Labute approximate surface area is 179 Å². The maximum absolute atomic E-state index is 13.1. The molecule has 0 bridgehead atoms. The number of nitrogens with zero attached hydrogens (tertiary/aromatic N) is 4. The zero-order valence-corrected chi connectivity index (χ0v) is 17.3. The Morgan fingerprint density at radius 3 is 2.52 bits per heavy atom. The number of aryl methyl sites for hydroxylation is 2. The van der Waals surface area contributed by atoms with Gasteiger partial charge in [0.2, 0.25) is 0 Å². The second-order valence-electron chi connectivity index (χ2n) is 7.41. The summed E-state index contributed by atoms with van der Waals surface area (Å²) in [6.45, 7) is 2.12. The number of rotatable bonds is 2. The van der Waals surface area contributed by atoms with E-state index in [-0.39, 0.29) is 5.69 Å². The maximum Gasteiger partial charge on any atom is 0.333 e. The summed E-state index contributed by atoms with van der Waals surface area (Å²) in [5.74, 6) is 6.34. The molecule has 0 atom stereocenters. The van der Waals surface area contributed by atoms with E-state index in [1.54, 1.807) is 34.8 Å². The van der Waals surface area contributed by atoms with E-state index in [1.807, 2.05) is 42.5 Å². The molecule has 0 fully saturated rings. The first-order valence-corrected chi connectivity index (χ1v) is 10.2. The van der Waals surface area contributed by atoms with Gasteiger partial charge < -0.3 is 0 Å². The molecule has 0 N–H and O–H groups in total. The van der Waals surface area contributed by atoms with Gasteiger partial charge in [-0.3, -0.25) is 19.1 Å². The molecule has 0 aliphatic rings. The molecule has 3 heterocycles. The molecule has 5 nitrogen and oxygen atoms in total. The van der Waals surface area contributed by atoms with Gasteiger partial charge >= 0.3 is 5.69 Å². The van der Waals surface area contributed by atoms with Crippen molar-refractivity contribution in [2.45, 2.75) is 13.3 Å². The largest absolute Gasteiger partial charge is 0.333 e. The van der Waals surface area contributed by atoms with E-state index < -0.39 is 0 Å². The summed E-state index contributed by atoms with van der Waals surface area (Å²) in [5.41, 5.74) is 6.13. The lowest BCUT2D eigenvalue weighted by molar-refractivity contribution is 0.845. The molecule has 150 valence electrons. The summed E-state index contributed by atoms with van der Waals surface area (Å²) in [6.07, 6.45) is 6.18. The molecule has 5 heteroatoms. The second-order valence-corrected chi connectivity index (χ2v) is 7.41. The minimum atomic E-state index is -0.0969. The number of hydrogen-bond donors (Lipinski definition) is 0. The Hall–Kier alpha value is -4.17. The van der Waals surface area contributed by atoms with Crippen LogP contribution in [0.5, 0.6) is 0 Å². The van der Waals surface area contributed by atoms with Gasteiger partial charge in [-0.05, 0) is 54.4 Å². The van der Waals surface area contributed by atoms with Crippen LogP contribution in [0.1, 0.15) is 23.6 Å². The molecule has 5 rings (SSSR count). The predicted octanol–water partition coefficient (Wildman–Crippen LogP) is 4.23. The number of hydrogen-bond acceptors (Lipinski definition) is 3. The van der Waals surface area contributed by atoms with Gasteiger partial charge in [-0.25, -0.2) is 4.79 Å². The first kappa shape index (κ1) is 18.8. The van der Waals surface area contributed by atoms with Crippen LogP contribution in [0.25, 0.3) is 27.6 Å². The van der Waals surface area contributed by atoms with Crippen LogP contribution in [0.4, 0.5) is 0 Å². The van der Waals surface area contributed by atoms with Crippen LogP contribution in [-0.4, -0.2) is 19.1 Å². The van der Waals surface area contributed by atoms with Crippen molar-refractivity contribution in [3.8, 4) is 17.5 Å². The molecule has 3 aromatic heterocycles. The van der Waals surface area contributed by atoms with Gasteiger partial charge in [0.1, 0.15) is 0 Å². The van der Waals surface area contributed by atoms with Gasteiger partial charge in [-0.1, -0.05) is 30.9 Å². The molecule has 0 aliphatic carbocycles. The van der Waals surface area contributed by atoms with Crippen molar-refractivity contribution in [3.05, 3.63) is 100 Å². The quantitative estimate of drug-likeness (QED) is 0.414. The van der Waals surface area contributed by atoms with Gasteiger partial charge in [0.25, 0.3) is 0 Å². The van der Waals surface area contributed by atoms with Crippen LogP contribution in [0.3, 0.4) is 0 Å². The number of fused-ring (bicyclic) bond motifs is 3. The van der Waals surface area contributed by atoms with E-state index in [9.17, 15) is 4.79 Å². The Balaban J connectivity index is 1.75. The normalized spacial score (nSPS) is 10.9. The zero-order chi connectivity index (χ0) is 21.4. The Kier molecular flexibility index (Phi) is 4.61. The summed E-state index contributed by atoms with van der Waals surface area (Å²) >= 11 is 0. The van der Waals surface area contributed by atoms with E-state index in [4.69, 9.17) is 0 Å². The predicted molar refractivity (Wildman–Crippen MR) is 123 cm³/mol. The van der Waals surface area contributed by atoms with Gasteiger partial charge in [0.05, 0.1) is 28.4 Å². The molecule has 0 saturated carbocycles. The van der Waals surface area contributed by atoms with Crippen LogP contribution in [0.15, 0.2) is 78.0 Å². The molecule has 0 saturated heterocycles. The topological polar surface area (TPSA) is 52.7 Å². The SMILES string of the molecule is CCc1ccc(-n2c(=O)n(C)c3cnc4ccc(C#Cc5cccnc5)cc4c32)cc1. The van der Waals surface area contributed by atoms with Crippen molar-refractivity contribution in [2.24, 2.45) is 7.05 Å². The first-order chi connectivity index (χ1) is 15.2. The monoisotopic (exact) mass is 404 g/mol. The van der Waals surface area contributed by atoms with E-state index >= 15 is 0 Å². The fourth-order valence-corrected chi connectivity index (χ4v) is 3.78. The number of aromatic nitrogens is 4. The van der Waals surface area contributed by atoms with Gasteiger partial charge in [-0.2, -0.15) is 0 Å². The molecule has 0 aliphatic heterocycles. The third kappa shape index (κ3) is 3.28. The van der Waals surface area contributed by atoms with Crippen molar-refractivity contribution in [1.29, 1.82) is 0 Å². The fourth-order valence-electron chi connectivity index (χ4n) is 3.78. The van der Waals surface area contributed by atoms with Crippen LogP contribution in [0, 0.1) is 11.8 Å². The third-order valence-electron chi connectivity index (χ3n) is 5.50. The van der Waals surface area contributed by atoms with Gasteiger partial charge in [0.15, 0.2) is 0 Å². The third-order valence-corrected chi connectivity index (χ3v) is 5.50. The lowest BCUT2D eigenvalue weighted by Crippen LogP contribution is -2.20. The number of pyridine rings is 2. The second kappa shape index (κ2) is 7.58. The lowest BCUT2D eigenvalue weighted by Gasteiger charge is -2.07. The summed E-state index contributed by atoms with van der Waals surface area (Å²) in [4.78, 5) is 21.8. The molecule has 31 heavy (non-hydrogen) atoms. The fraction of sp³-hybridized carbons (Fsp3) is 0.115. The molecule has 0 unspecified atom stereocenters. The summed E-state index contributed by atoms with van der Waals surface area (Å²) in [6, 6.07) is 17.8. The van der Waals surface area contributed by atoms with Crippen molar-refractivity contribution < 1.29 is 0 Å². The Bertz CT molecular complexity index is 1530. The summed E-state index contributed by atoms with van der Waals surface area (Å²) < 4.78 is 3.40. The highest BCUT2D eigenvalue weighted by molar-refractivity contribution is 6.03. The zero-order valence-electron chi connectivity index (χ0n) is 17.3. The molecule has 0 radical (unpaired) electrons. The van der Waals surface area contributed by atoms with Crippen molar-refractivity contribution in [2.75, 3.05) is 0 Å². The highest BCUT2D eigenvalue weighted by atomic mass is 16.1. The van der Waals surface area contributed by atoms with Crippen LogP contribution < -0.4 is 5.69 Å². The number of benzene rings is 2. The molecular formula is C26H20N4O. The van der Waals surface area contributed by atoms with Crippen LogP contribution >= 0.6 is 0 Å². The van der Waals surface area contributed by atoms with E-state index in [1.165, 1.54) is 5.56 Å². The molecule has 2 aromatic carbocycles. The molecule has 0 spiro atoms. The van der Waals surface area contributed by atoms with Gasteiger partial charge in [0, 0.05) is 36.0 Å². The summed E-state index contributed by atoms with van der Waals surface area (Å²) in [5, 5.41) is 0.896. The average molecular weight is 404 g/mol. The highest BCUT2D eigenvalue weighted by Gasteiger charge is 2.16. The highest BCUT2D eigenvalue weighted by Crippen LogP contribution is 2.26. The van der Waals surface area contributed by atoms with E-state index in [2.05, 4.69) is 40.9 Å². The van der Waals surface area contributed by atoms with Crippen molar-refractivity contribution in [1.82, 2.24) is 19.1 Å². The Morgan fingerprint density at radius 2 is 1.77 bits per heavy atom. The van der Waals surface area contributed by atoms with Crippen LogP contribution in [-0.2, 0) is 13.5 Å². The minimum Gasteiger partial charge on any atom is -0.293 e. The molecular weight excluding hydrogens is 384 g/mol. The lowest BCUT2D eigenvalue weighted by atomic mass is 10.1. The molecule has 0 amide bonds. The van der Waals surface area contributed by atoms with Crippen LogP contribution in [0.2, 0.25) is 0 Å². The maximum atomic E-state index is 13.1. The standard InChI is InChI=1S/C26H20N4O/c1-3-18-8-11-21(12-9-18)30-25-22-15-19(6-7-20-5-4-14-27-16-20)10-13-23(22)28-17-24(25)29(2)26(30)31/h4-5,8-17H,3H2,1-2H3. The number of imidazole rings is 1. The smallest absolute Gasteiger partial charge is 0.293 e. The molecule has 5 aromatic rings. The van der Waals surface area contributed by atoms with E-state index in [0.717, 1.165) is 45.2 Å². The Morgan fingerprint density at radius 1 is 0.968 bits per heavy atom. The summed E-state index contributed by atoms with van der Waals surface area (Å²) in [7, 11) is 1.78. The first-order valence-electron chi connectivity index (χ1n) is 10.2. The van der Waals surface area contributed by atoms with E-state index in [0.29, 0.717) is 0 Å². The van der Waals surface area contributed by atoms with Crippen molar-refractivity contribution >= 4 is 21.9 Å². The minimum absolute atomic E-state index is 0.0969.